The van der Waals surface area contributed by atoms with Crippen LogP contribution in [0.25, 0.3) is 0 Å². The molecule has 4 rings (SSSR count). The summed E-state index contributed by atoms with van der Waals surface area (Å²) < 4.78 is 45.8. The molecule has 1 unspecified atom stereocenters. The zero-order valence-electron chi connectivity index (χ0n) is 18.8. The van der Waals surface area contributed by atoms with Crippen LogP contribution in [0.4, 0.5) is 0 Å². The molecule has 130 valence electrons. The minimum Gasteiger partial charge on any atom is -0.416 e. The number of ketones is 1. The van der Waals surface area contributed by atoms with Crippen LogP contribution in [-0.4, -0.2) is 23.2 Å². The van der Waals surface area contributed by atoms with Crippen LogP contribution in [0.2, 0.25) is 0 Å². The van der Waals surface area contributed by atoms with E-state index >= 15 is 0 Å². The SMILES string of the molecule is [2H]c1c([2H])c([2H])c(C(C(=O)C2CC2)N2CCc3sc(OC(C)=O)cc3C2)c([2H])c1[2H]. The molecule has 0 radical (unpaired) electrons. The lowest BCUT2D eigenvalue weighted by Crippen LogP contribution is -2.38. The van der Waals surface area contributed by atoms with Gasteiger partial charge >= 0.3 is 5.97 Å². The van der Waals surface area contributed by atoms with Gasteiger partial charge in [-0.2, -0.15) is 0 Å². The quantitative estimate of drug-likeness (QED) is 0.762. The molecule has 0 spiro atoms. The fourth-order valence-corrected chi connectivity index (χ4v) is 4.28. The Labute approximate surface area is 158 Å². The summed E-state index contributed by atoms with van der Waals surface area (Å²) in [6.45, 7) is 2.24. The van der Waals surface area contributed by atoms with Crippen LogP contribution in [0.1, 0.15) is 48.7 Å². The molecule has 0 saturated heterocycles. The number of nitrogens with zero attached hydrogens (tertiary/aromatic N) is 1. The molecule has 2 aliphatic rings. The lowest BCUT2D eigenvalue weighted by molar-refractivity contribution is -0.131. The average molecular weight is 360 g/mol. The third kappa shape index (κ3) is 3.53. The number of hydrogen-bond acceptors (Lipinski definition) is 5. The molecule has 0 amide bonds. The number of carbonyl (C=O) groups excluding carboxylic acids is 2. The molecular weight excluding hydrogens is 334 g/mol. The molecule has 0 N–H and O–H groups in total. The second-order valence-electron chi connectivity index (χ2n) is 6.45. The highest BCUT2D eigenvalue weighted by Crippen LogP contribution is 2.40. The van der Waals surface area contributed by atoms with Crippen LogP contribution in [0.5, 0.6) is 5.06 Å². The number of hydrogen-bond donors (Lipinski definition) is 0. The van der Waals surface area contributed by atoms with Gasteiger partial charge in [0.25, 0.3) is 0 Å². The van der Waals surface area contributed by atoms with Gasteiger partial charge in [-0.3, -0.25) is 14.5 Å². The predicted octanol–water partition coefficient (Wildman–Crippen LogP) is 3.75. The van der Waals surface area contributed by atoms with Crippen molar-refractivity contribution in [3.05, 3.63) is 52.3 Å². The Hall–Kier alpha value is -1.98. The zero-order valence-corrected chi connectivity index (χ0v) is 14.7. The molecular formula is C20H21NO3S. The Morgan fingerprint density at radius 1 is 1.32 bits per heavy atom. The smallest absolute Gasteiger partial charge is 0.308 e. The predicted molar refractivity (Wildman–Crippen MR) is 96.7 cm³/mol. The number of benzene rings is 1. The van der Waals surface area contributed by atoms with E-state index < -0.39 is 30.1 Å². The standard InChI is InChI=1S/C20H21NO3S/c1-13(22)24-18-11-16-12-21(10-9-17(16)25-18)19(20(23)15-7-8-15)14-5-3-2-4-6-14/h2-6,11,15,19H,7-10,12H2,1H3/i2D,3D,4D,5D,6D. The van der Waals surface area contributed by atoms with Gasteiger partial charge in [0.2, 0.25) is 0 Å². The topological polar surface area (TPSA) is 46.6 Å². The Balaban J connectivity index is 1.74. The highest BCUT2D eigenvalue weighted by atomic mass is 32.1. The van der Waals surface area contributed by atoms with Crippen molar-refractivity contribution in [2.75, 3.05) is 6.54 Å². The molecule has 0 bridgehead atoms. The number of fused-ring (bicyclic) bond motifs is 1. The lowest BCUT2D eigenvalue weighted by Gasteiger charge is -2.34. The molecule has 2 heterocycles. The molecule has 1 saturated carbocycles. The first-order valence-electron chi connectivity index (χ1n) is 10.8. The van der Waals surface area contributed by atoms with Crippen molar-refractivity contribution >= 4 is 23.1 Å². The Bertz CT molecular complexity index is 1020. The maximum absolute atomic E-state index is 13.2. The van der Waals surface area contributed by atoms with Gasteiger partial charge in [-0.25, -0.2) is 0 Å². The molecule has 2 aromatic rings. The fourth-order valence-electron chi connectivity index (χ4n) is 3.23. The lowest BCUT2D eigenvalue weighted by atomic mass is 9.95. The van der Waals surface area contributed by atoms with Crippen LogP contribution in [0.15, 0.2) is 36.3 Å². The van der Waals surface area contributed by atoms with E-state index in [1.807, 2.05) is 4.90 Å². The van der Waals surface area contributed by atoms with Crippen molar-refractivity contribution in [3.8, 4) is 5.06 Å². The summed E-state index contributed by atoms with van der Waals surface area (Å²) in [6.07, 6.45) is 2.17. The van der Waals surface area contributed by atoms with E-state index in [0.717, 1.165) is 23.3 Å². The van der Waals surface area contributed by atoms with Crippen molar-refractivity contribution in [1.29, 1.82) is 0 Å². The normalized spacial score (nSPS) is 21.2. The molecule has 1 aliphatic heterocycles. The van der Waals surface area contributed by atoms with E-state index in [9.17, 15) is 9.59 Å². The van der Waals surface area contributed by atoms with Gasteiger partial charge in [0.1, 0.15) is 0 Å². The van der Waals surface area contributed by atoms with E-state index in [2.05, 4.69) is 0 Å². The first-order chi connectivity index (χ1) is 14.2. The summed E-state index contributed by atoms with van der Waals surface area (Å²) in [6, 6.07) is -1.06. The monoisotopic (exact) mass is 360 g/mol. The van der Waals surface area contributed by atoms with Gasteiger partial charge in [-0.1, -0.05) is 30.2 Å². The van der Waals surface area contributed by atoms with Gasteiger partial charge in [0, 0.05) is 30.8 Å². The van der Waals surface area contributed by atoms with Crippen LogP contribution < -0.4 is 4.74 Å². The highest BCUT2D eigenvalue weighted by molar-refractivity contribution is 7.14. The van der Waals surface area contributed by atoms with Crippen LogP contribution in [0.3, 0.4) is 0 Å². The molecule has 1 aromatic heterocycles. The molecule has 5 heteroatoms. The fraction of sp³-hybridized carbons (Fsp3) is 0.400. The van der Waals surface area contributed by atoms with Crippen LogP contribution >= 0.6 is 11.3 Å². The average Bonchev–Trinajstić information content (AvgIpc) is 3.47. The summed E-state index contributed by atoms with van der Waals surface area (Å²) in [5.74, 6) is -0.618. The molecule has 4 nitrogen and oxygen atoms in total. The van der Waals surface area contributed by atoms with E-state index in [1.54, 1.807) is 6.07 Å². The van der Waals surface area contributed by atoms with Gasteiger partial charge in [0.15, 0.2) is 10.8 Å². The summed E-state index contributed by atoms with van der Waals surface area (Å²) in [5.41, 5.74) is 0.986. The number of carbonyl (C=O) groups is 2. The van der Waals surface area contributed by atoms with Crippen molar-refractivity contribution in [3.63, 3.8) is 0 Å². The number of rotatable bonds is 5. The molecule has 1 atom stereocenters. The first kappa shape index (κ1) is 11.6. The maximum atomic E-state index is 13.2. The van der Waals surface area contributed by atoms with Gasteiger partial charge in [-0.05, 0) is 36.5 Å². The second-order valence-corrected chi connectivity index (χ2v) is 7.55. The Morgan fingerprint density at radius 2 is 2.08 bits per heavy atom. The summed E-state index contributed by atoms with van der Waals surface area (Å²) in [5, 5.41) is 0.502. The van der Waals surface area contributed by atoms with Crippen molar-refractivity contribution in [1.82, 2.24) is 4.90 Å². The number of esters is 1. The zero-order chi connectivity index (χ0) is 21.7. The minimum atomic E-state index is -0.892. The van der Waals surface area contributed by atoms with Crippen molar-refractivity contribution in [2.24, 2.45) is 5.92 Å². The van der Waals surface area contributed by atoms with Gasteiger partial charge in [0.05, 0.1) is 12.9 Å². The molecule has 1 aromatic carbocycles. The number of Topliss-reactive ketones (excluding diaryl/α,β-unsaturated/α-hetero) is 1. The summed E-state index contributed by atoms with van der Waals surface area (Å²) in [7, 11) is 0. The largest absolute Gasteiger partial charge is 0.416 e. The van der Waals surface area contributed by atoms with Crippen LogP contribution in [-0.2, 0) is 22.6 Å². The van der Waals surface area contributed by atoms with E-state index in [1.165, 1.54) is 18.3 Å². The van der Waals surface area contributed by atoms with Crippen LogP contribution in [0, 0.1) is 5.92 Å². The molecule has 1 aliphatic carbocycles. The van der Waals surface area contributed by atoms with Gasteiger partial charge < -0.3 is 4.74 Å². The van der Waals surface area contributed by atoms with E-state index in [0.29, 0.717) is 24.6 Å². The van der Waals surface area contributed by atoms with E-state index in [4.69, 9.17) is 11.6 Å². The highest BCUT2D eigenvalue weighted by Gasteiger charge is 2.39. The van der Waals surface area contributed by atoms with Crippen molar-refractivity contribution < 1.29 is 21.2 Å². The first-order valence-corrected chi connectivity index (χ1v) is 9.15. The summed E-state index contributed by atoms with van der Waals surface area (Å²) in [4.78, 5) is 27.5. The minimum absolute atomic E-state index is 0.0526. The maximum Gasteiger partial charge on any atom is 0.308 e. The van der Waals surface area contributed by atoms with Gasteiger partial charge in [-0.15, -0.1) is 11.3 Å². The third-order valence-corrected chi connectivity index (χ3v) is 5.64. The number of ether oxygens (including phenoxy) is 1. The van der Waals surface area contributed by atoms with Crippen molar-refractivity contribution in [2.45, 2.75) is 38.8 Å². The Kier molecular flexibility index (Phi) is 3.12. The summed E-state index contributed by atoms with van der Waals surface area (Å²) >= 11 is 1.40. The second kappa shape index (κ2) is 6.73. The molecule has 25 heavy (non-hydrogen) atoms. The van der Waals surface area contributed by atoms with E-state index in [-0.39, 0.29) is 29.3 Å². The number of thiophene rings is 1. The Morgan fingerprint density at radius 3 is 2.76 bits per heavy atom. The third-order valence-electron chi connectivity index (χ3n) is 4.53. The molecule has 1 fully saturated rings.